The van der Waals surface area contributed by atoms with Crippen molar-refractivity contribution in [1.82, 2.24) is 14.4 Å². The predicted octanol–water partition coefficient (Wildman–Crippen LogP) is 1.35. The second kappa shape index (κ2) is 5.65. The van der Waals surface area contributed by atoms with Crippen LogP contribution >= 0.6 is 0 Å². The molecule has 0 aliphatic heterocycles. The average Bonchev–Trinajstić information content (AvgIpc) is 2.57. The van der Waals surface area contributed by atoms with Crippen LogP contribution in [-0.4, -0.2) is 27.4 Å². The van der Waals surface area contributed by atoms with Gasteiger partial charge in [0.2, 0.25) is 5.78 Å². The second-order valence-corrected chi connectivity index (χ2v) is 4.42. The molecule has 2 aromatic heterocycles. The van der Waals surface area contributed by atoms with Crippen LogP contribution in [0.2, 0.25) is 0 Å². The summed E-state index contributed by atoms with van der Waals surface area (Å²) in [6, 6.07) is 8.37. The van der Waals surface area contributed by atoms with Crippen molar-refractivity contribution in [3.63, 3.8) is 0 Å². The number of methoxy groups -OCH3 is 1. The van der Waals surface area contributed by atoms with E-state index in [0.717, 1.165) is 0 Å². The number of ether oxygens (including phenoxy) is 1. The number of aromatic nitrogens is 3. The van der Waals surface area contributed by atoms with Gasteiger partial charge in [0.25, 0.3) is 11.5 Å². The average molecular weight is 296 g/mol. The van der Waals surface area contributed by atoms with Crippen LogP contribution in [-0.2, 0) is 0 Å². The molecule has 7 heteroatoms. The van der Waals surface area contributed by atoms with E-state index < -0.39 is 11.5 Å². The number of carbonyl (C=O) groups excluding carboxylic acids is 1. The molecule has 7 nitrogen and oxygen atoms in total. The molecule has 0 saturated heterocycles. The van der Waals surface area contributed by atoms with Crippen molar-refractivity contribution in [2.45, 2.75) is 0 Å². The summed E-state index contributed by atoms with van der Waals surface area (Å²) in [5.74, 6) is 0.249. The van der Waals surface area contributed by atoms with Crippen LogP contribution in [0.4, 0.5) is 5.69 Å². The SMILES string of the molecule is COc1ccccc1C(=O)Nc1cnc2ncccn2c1=O. The van der Waals surface area contributed by atoms with Gasteiger partial charge in [0.15, 0.2) is 0 Å². The molecule has 0 saturated carbocycles. The summed E-state index contributed by atoms with van der Waals surface area (Å²) in [7, 11) is 1.48. The summed E-state index contributed by atoms with van der Waals surface area (Å²) in [5, 5.41) is 2.55. The van der Waals surface area contributed by atoms with E-state index in [9.17, 15) is 9.59 Å². The van der Waals surface area contributed by atoms with Crippen molar-refractivity contribution in [3.05, 3.63) is 64.8 Å². The molecule has 2 heterocycles. The Hall–Kier alpha value is -3.22. The summed E-state index contributed by atoms with van der Waals surface area (Å²) < 4.78 is 6.40. The summed E-state index contributed by atoms with van der Waals surface area (Å²) in [6.07, 6.45) is 4.36. The fraction of sp³-hybridized carbons (Fsp3) is 0.0667. The highest BCUT2D eigenvalue weighted by Crippen LogP contribution is 2.18. The maximum absolute atomic E-state index is 12.3. The number of nitrogens with one attached hydrogen (secondary N) is 1. The lowest BCUT2D eigenvalue weighted by atomic mass is 10.2. The summed E-state index contributed by atoms with van der Waals surface area (Å²) in [5.41, 5.74) is 0.00318. The maximum Gasteiger partial charge on any atom is 0.282 e. The molecule has 0 aliphatic carbocycles. The first-order valence-electron chi connectivity index (χ1n) is 6.47. The van der Waals surface area contributed by atoms with Gasteiger partial charge in [-0.05, 0) is 18.2 Å². The van der Waals surface area contributed by atoms with Crippen LogP contribution in [0, 0.1) is 0 Å². The molecular weight excluding hydrogens is 284 g/mol. The Balaban J connectivity index is 1.98. The zero-order valence-electron chi connectivity index (χ0n) is 11.7. The third-order valence-corrected chi connectivity index (χ3v) is 3.08. The van der Waals surface area contributed by atoms with Crippen molar-refractivity contribution < 1.29 is 9.53 Å². The van der Waals surface area contributed by atoms with Gasteiger partial charge in [0, 0.05) is 12.4 Å². The van der Waals surface area contributed by atoms with E-state index >= 15 is 0 Å². The number of para-hydroxylation sites is 1. The van der Waals surface area contributed by atoms with Gasteiger partial charge in [-0.3, -0.25) is 14.0 Å². The number of rotatable bonds is 3. The number of hydrogen-bond donors (Lipinski definition) is 1. The number of carbonyl (C=O) groups is 1. The molecule has 1 amide bonds. The topological polar surface area (TPSA) is 85.6 Å². The molecule has 3 rings (SSSR count). The van der Waals surface area contributed by atoms with Crippen LogP contribution in [0.3, 0.4) is 0 Å². The Morgan fingerprint density at radius 2 is 2.05 bits per heavy atom. The Bertz CT molecular complexity index is 904. The molecule has 0 spiro atoms. The Labute approximate surface area is 125 Å². The zero-order valence-corrected chi connectivity index (χ0v) is 11.7. The van der Waals surface area contributed by atoms with Gasteiger partial charge < -0.3 is 10.1 Å². The summed E-state index contributed by atoms with van der Waals surface area (Å²) >= 11 is 0. The minimum Gasteiger partial charge on any atom is -0.496 e. The van der Waals surface area contributed by atoms with Crippen LogP contribution in [0.25, 0.3) is 5.78 Å². The van der Waals surface area contributed by atoms with Gasteiger partial charge >= 0.3 is 0 Å². The molecular formula is C15H12N4O3. The number of amides is 1. The minimum absolute atomic E-state index is 0.0707. The Morgan fingerprint density at radius 1 is 1.23 bits per heavy atom. The molecule has 22 heavy (non-hydrogen) atoms. The summed E-state index contributed by atoms with van der Waals surface area (Å²) in [6.45, 7) is 0. The van der Waals surface area contributed by atoms with Crippen molar-refractivity contribution in [2.24, 2.45) is 0 Å². The second-order valence-electron chi connectivity index (χ2n) is 4.42. The van der Waals surface area contributed by atoms with Gasteiger partial charge in [-0.2, -0.15) is 0 Å². The number of nitrogens with zero attached hydrogens (tertiary/aromatic N) is 3. The number of anilines is 1. The van der Waals surface area contributed by atoms with E-state index in [1.807, 2.05) is 0 Å². The molecule has 1 aromatic carbocycles. The number of benzene rings is 1. The van der Waals surface area contributed by atoms with E-state index in [4.69, 9.17) is 4.74 Å². The molecule has 0 aliphatic rings. The lowest BCUT2D eigenvalue weighted by molar-refractivity contribution is 0.102. The molecule has 110 valence electrons. The van der Waals surface area contributed by atoms with Crippen LogP contribution in [0.1, 0.15) is 10.4 Å². The molecule has 0 fully saturated rings. The van der Waals surface area contributed by atoms with Crippen LogP contribution in [0.15, 0.2) is 53.7 Å². The van der Waals surface area contributed by atoms with Crippen molar-refractivity contribution in [2.75, 3.05) is 12.4 Å². The predicted molar refractivity (Wildman–Crippen MR) is 80.2 cm³/mol. The molecule has 0 unspecified atom stereocenters. The molecule has 0 radical (unpaired) electrons. The third kappa shape index (κ3) is 2.39. The zero-order chi connectivity index (χ0) is 15.5. The van der Waals surface area contributed by atoms with Gasteiger partial charge in [-0.1, -0.05) is 12.1 Å². The molecule has 3 aromatic rings. The Morgan fingerprint density at radius 3 is 2.86 bits per heavy atom. The van der Waals surface area contributed by atoms with E-state index in [1.54, 1.807) is 30.3 Å². The van der Waals surface area contributed by atoms with Gasteiger partial charge in [-0.25, -0.2) is 9.97 Å². The minimum atomic E-state index is -0.444. The van der Waals surface area contributed by atoms with E-state index in [1.165, 1.54) is 30.1 Å². The summed E-state index contributed by atoms with van der Waals surface area (Å²) in [4.78, 5) is 32.6. The highest BCUT2D eigenvalue weighted by atomic mass is 16.5. The fourth-order valence-corrected chi connectivity index (χ4v) is 2.03. The highest BCUT2D eigenvalue weighted by Gasteiger charge is 2.14. The van der Waals surface area contributed by atoms with Gasteiger partial charge in [0.05, 0.1) is 18.9 Å². The highest BCUT2D eigenvalue weighted by molar-refractivity contribution is 6.06. The van der Waals surface area contributed by atoms with Crippen molar-refractivity contribution in [3.8, 4) is 5.75 Å². The lowest BCUT2D eigenvalue weighted by Gasteiger charge is -2.09. The van der Waals surface area contributed by atoms with Crippen molar-refractivity contribution in [1.29, 1.82) is 0 Å². The first-order valence-corrected chi connectivity index (χ1v) is 6.47. The first-order chi connectivity index (χ1) is 10.7. The van der Waals surface area contributed by atoms with Crippen LogP contribution in [0.5, 0.6) is 5.75 Å². The standard InChI is InChI=1S/C15H12N4O3/c1-22-12-6-3-2-5-10(12)13(20)18-11-9-17-15-16-7-4-8-19(15)14(11)21/h2-9H,1H3,(H,18,20). The van der Waals surface area contributed by atoms with E-state index in [0.29, 0.717) is 11.3 Å². The third-order valence-electron chi connectivity index (χ3n) is 3.08. The normalized spacial score (nSPS) is 10.4. The number of fused-ring (bicyclic) bond motifs is 1. The quantitative estimate of drug-likeness (QED) is 0.788. The van der Waals surface area contributed by atoms with Gasteiger partial charge in [-0.15, -0.1) is 0 Å². The fourth-order valence-electron chi connectivity index (χ4n) is 2.03. The molecule has 0 bridgehead atoms. The largest absolute Gasteiger partial charge is 0.496 e. The van der Waals surface area contributed by atoms with E-state index in [2.05, 4.69) is 15.3 Å². The first kappa shape index (κ1) is 13.7. The van der Waals surface area contributed by atoms with Crippen molar-refractivity contribution >= 4 is 17.4 Å². The lowest BCUT2D eigenvalue weighted by Crippen LogP contribution is -2.23. The smallest absolute Gasteiger partial charge is 0.282 e. The number of hydrogen-bond acceptors (Lipinski definition) is 5. The monoisotopic (exact) mass is 296 g/mol. The van der Waals surface area contributed by atoms with Crippen LogP contribution < -0.4 is 15.6 Å². The van der Waals surface area contributed by atoms with Gasteiger partial charge in [0.1, 0.15) is 11.4 Å². The molecule has 1 N–H and O–H groups in total. The van der Waals surface area contributed by atoms with E-state index in [-0.39, 0.29) is 11.5 Å². The molecule has 0 atom stereocenters. The Kier molecular flexibility index (Phi) is 3.53. The maximum atomic E-state index is 12.3.